The molecule has 0 saturated carbocycles. The summed E-state index contributed by atoms with van der Waals surface area (Å²) >= 11 is 0. The van der Waals surface area contributed by atoms with E-state index in [0.717, 1.165) is 24.0 Å². The second-order valence-corrected chi connectivity index (χ2v) is 4.91. The molecular formula is C15H17N3. The van der Waals surface area contributed by atoms with Crippen molar-refractivity contribution in [2.24, 2.45) is 0 Å². The predicted molar refractivity (Wildman–Crippen MR) is 72.3 cm³/mol. The first-order valence-electron chi connectivity index (χ1n) is 6.59. The van der Waals surface area contributed by atoms with Gasteiger partial charge in [-0.25, -0.2) is 0 Å². The first-order valence-corrected chi connectivity index (χ1v) is 6.59. The summed E-state index contributed by atoms with van der Waals surface area (Å²) in [5.41, 5.74) is 1.95. The van der Waals surface area contributed by atoms with Crippen LogP contribution >= 0.6 is 0 Å². The molecular weight excluding hydrogens is 222 g/mol. The predicted octanol–water partition coefficient (Wildman–Crippen LogP) is 2.61. The molecule has 92 valence electrons. The van der Waals surface area contributed by atoms with Crippen molar-refractivity contribution in [1.29, 1.82) is 5.26 Å². The van der Waals surface area contributed by atoms with E-state index in [9.17, 15) is 0 Å². The van der Waals surface area contributed by atoms with E-state index in [0.29, 0.717) is 0 Å². The van der Waals surface area contributed by atoms with E-state index in [1.54, 1.807) is 0 Å². The molecule has 1 fully saturated rings. The molecule has 1 aliphatic heterocycles. The largest absolute Gasteiger partial charge is 0.346 e. The van der Waals surface area contributed by atoms with Crippen LogP contribution in [0.25, 0.3) is 10.9 Å². The highest BCUT2D eigenvalue weighted by Crippen LogP contribution is 2.20. The zero-order valence-corrected chi connectivity index (χ0v) is 10.5. The number of hydrogen-bond donors (Lipinski definition) is 0. The van der Waals surface area contributed by atoms with Crippen molar-refractivity contribution in [3.63, 3.8) is 0 Å². The summed E-state index contributed by atoms with van der Waals surface area (Å²) in [6.07, 6.45) is 4.78. The number of aromatic nitrogens is 1. The summed E-state index contributed by atoms with van der Waals surface area (Å²) in [6, 6.07) is 10.3. The van der Waals surface area contributed by atoms with Crippen LogP contribution in [0.3, 0.4) is 0 Å². The van der Waals surface area contributed by atoms with Crippen LogP contribution in [-0.2, 0) is 6.54 Å². The Morgan fingerprint density at radius 2 is 1.94 bits per heavy atom. The molecule has 0 bridgehead atoms. The van der Waals surface area contributed by atoms with Crippen molar-refractivity contribution in [3.05, 3.63) is 36.0 Å². The molecule has 18 heavy (non-hydrogen) atoms. The van der Waals surface area contributed by atoms with Gasteiger partial charge in [-0.15, -0.1) is 0 Å². The number of hydrogen-bond acceptors (Lipinski definition) is 2. The van der Waals surface area contributed by atoms with Crippen LogP contribution in [0.5, 0.6) is 0 Å². The van der Waals surface area contributed by atoms with Gasteiger partial charge in [0.15, 0.2) is 0 Å². The standard InChI is InChI=1S/C15H17N3/c16-12-13-4-3-5-15-14(13)6-9-18(15)11-10-17-7-1-2-8-17/h3-6,9H,1-2,7-8,10-11H2. The Kier molecular flexibility index (Phi) is 3.04. The van der Waals surface area contributed by atoms with Gasteiger partial charge in [-0.05, 0) is 44.1 Å². The molecule has 0 atom stereocenters. The Morgan fingerprint density at radius 3 is 2.72 bits per heavy atom. The van der Waals surface area contributed by atoms with Crippen molar-refractivity contribution >= 4 is 10.9 Å². The Hall–Kier alpha value is -1.79. The molecule has 2 aromatic rings. The van der Waals surface area contributed by atoms with E-state index in [2.05, 4.69) is 33.9 Å². The first-order chi connectivity index (χ1) is 8.88. The summed E-state index contributed by atoms with van der Waals surface area (Å²) in [4.78, 5) is 2.51. The van der Waals surface area contributed by atoms with Crippen LogP contribution in [0.4, 0.5) is 0 Å². The van der Waals surface area contributed by atoms with E-state index in [1.807, 2.05) is 12.1 Å². The first kappa shape index (κ1) is 11.3. The minimum Gasteiger partial charge on any atom is -0.346 e. The monoisotopic (exact) mass is 239 g/mol. The lowest BCUT2D eigenvalue weighted by Gasteiger charge is -2.15. The van der Waals surface area contributed by atoms with Crippen LogP contribution in [0.1, 0.15) is 18.4 Å². The molecule has 3 rings (SSSR count). The number of benzene rings is 1. The van der Waals surface area contributed by atoms with Gasteiger partial charge in [0.1, 0.15) is 0 Å². The van der Waals surface area contributed by atoms with Crippen molar-refractivity contribution in [2.45, 2.75) is 19.4 Å². The van der Waals surface area contributed by atoms with Gasteiger partial charge in [-0.2, -0.15) is 5.26 Å². The second-order valence-electron chi connectivity index (χ2n) is 4.91. The van der Waals surface area contributed by atoms with Gasteiger partial charge >= 0.3 is 0 Å². The molecule has 2 heterocycles. The number of nitrogens with zero attached hydrogens (tertiary/aromatic N) is 3. The maximum Gasteiger partial charge on any atom is 0.0998 e. The Balaban J connectivity index is 1.82. The van der Waals surface area contributed by atoms with E-state index < -0.39 is 0 Å². The lowest BCUT2D eigenvalue weighted by molar-refractivity contribution is 0.324. The Morgan fingerprint density at radius 1 is 1.11 bits per heavy atom. The van der Waals surface area contributed by atoms with E-state index in [4.69, 9.17) is 5.26 Å². The fourth-order valence-electron chi connectivity index (χ4n) is 2.77. The molecule has 0 N–H and O–H groups in total. The van der Waals surface area contributed by atoms with E-state index in [-0.39, 0.29) is 0 Å². The highest BCUT2D eigenvalue weighted by molar-refractivity contribution is 5.85. The fourth-order valence-corrected chi connectivity index (χ4v) is 2.77. The maximum atomic E-state index is 9.08. The molecule has 1 aromatic carbocycles. The zero-order valence-electron chi connectivity index (χ0n) is 10.5. The minimum absolute atomic E-state index is 0.771. The second kappa shape index (κ2) is 4.83. The van der Waals surface area contributed by atoms with E-state index >= 15 is 0 Å². The summed E-state index contributed by atoms with van der Waals surface area (Å²) in [7, 11) is 0. The molecule has 0 aliphatic carbocycles. The lowest BCUT2D eigenvalue weighted by Crippen LogP contribution is -2.23. The SMILES string of the molecule is N#Cc1cccc2c1ccn2CCN1CCCC1. The molecule has 0 spiro atoms. The zero-order chi connectivity index (χ0) is 12.4. The maximum absolute atomic E-state index is 9.08. The highest BCUT2D eigenvalue weighted by atomic mass is 15.2. The Labute approximate surface area is 107 Å². The van der Waals surface area contributed by atoms with Crippen molar-refractivity contribution in [1.82, 2.24) is 9.47 Å². The smallest absolute Gasteiger partial charge is 0.0998 e. The third kappa shape index (κ3) is 2.00. The summed E-state index contributed by atoms with van der Waals surface area (Å²) in [5.74, 6) is 0. The average molecular weight is 239 g/mol. The normalized spacial score (nSPS) is 16.2. The highest BCUT2D eigenvalue weighted by Gasteiger charge is 2.11. The minimum atomic E-state index is 0.771. The molecule has 0 unspecified atom stereocenters. The third-order valence-corrected chi connectivity index (χ3v) is 3.79. The molecule has 3 heteroatoms. The number of fused-ring (bicyclic) bond motifs is 1. The molecule has 0 amide bonds. The van der Waals surface area contributed by atoms with Crippen LogP contribution in [0.15, 0.2) is 30.5 Å². The molecule has 1 aliphatic rings. The van der Waals surface area contributed by atoms with Crippen molar-refractivity contribution < 1.29 is 0 Å². The number of likely N-dealkylation sites (tertiary alicyclic amines) is 1. The van der Waals surface area contributed by atoms with E-state index in [1.165, 1.54) is 31.4 Å². The number of rotatable bonds is 3. The van der Waals surface area contributed by atoms with Gasteiger partial charge in [0.05, 0.1) is 11.6 Å². The molecule has 1 saturated heterocycles. The van der Waals surface area contributed by atoms with Crippen molar-refractivity contribution in [3.8, 4) is 6.07 Å². The van der Waals surface area contributed by atoms with Crippen LogP contribution in [0, 0.1) is 11.3 Å². The van der Waals surface area contributed by atoms with Gasteiger partial charge in [-0.3, -0.25) is 0 Å². The fraction of sp³-hybridized carbons (Fsp3) is 0.400. The van der Waals surface area contributed by atoms with Gasteiger partial charge in [0, 0.05) is 30.2 Å². The van der Waals surface area contributed by atoms with Crippen LogP contribution in [0.2, 0.25) is 0 Å². The average Bonchev–Trinajstić information content (AvgIpc) is 3.05. The topological polar surface area (TPSA) is 32.0 Å². The summed E-state index contributed by atoms with van der Waals surface area (Å²) in [6.45, 7) is 4.60. The van der Waals surface area contributed by atoms with Crippen LogP contribution in [-0.4, -0.2) is 29.1 Å². The molecule has 3 nitrogen and oxygen atoms in total. The Bertz CT molecular complexity index is 585. The van der Waals surface area contributed by atoms with Gasteiger partial charge in [0.25, 0.3) is 0 Å². The third-order valence-electron chi connectivity index (χ3n) is 3.79. The summed E-state index contributed by atoms with van der Waals surface area (Å²) < 4.78 is 2.26. The quantitative estimate of drug-likeness (QED) is 0.824. The van der Waals surface area contributed by atoms with Crippen LogP contribution < -0.4 is 0 Å². The van der Waals surface area contributed by atoms with Gasteiger partial charge < -0.3 is 9.47 Å². The number of nitriles is 1. The van der Waals surface area contributed by atoms with Gasteiger partial charge in [-0.1, -0.05) is 6.07 Å². The van der Waals surface area contributed by atoms with Gasteiger partial charge in [0.2, 0.25) is 0 Å². The van der Waals surface area contributed by atoms with Crippen molar-refractivity contribution in [2.75, 3.05) is 19.6 Å². The molecule has 1 aromatic heterocycles. The molecule has 0 radical (unpaired) electrons. The summed E-state index contributed by atoms with van der Waals surface area (Å²) in [5, 5.41) is 10.2. The lowest BCUT2D eigenvalue weighted by atomic mass is 10.1.